The Morgan fingerprint density at radius 2 is 2.12 bits per heavy atom. The van der Waals surface area contributed by atoms with Gasteiger partial charge < -0.3 is 5.73 Å². The Bertz CT molecular complexity index is 349. The highest BCUT2D eigenvalue weighted by molar-refractivity contribution is 7.13. The standard InChI is InChI=1S/C10H16F3N3S/c1-7(2)16(6-10(11,12)13)4-3-8-5-17-9(14)15-8/h5,7H,3-4,6H2,1-2H3,(H2,14,15). The molecule has 0 saturated carbocycles. The van der Waals surface area contributed by atoms with Crippen LogP contribution in [0.4, 0.5) is 18.3 Å². The lowest BCUT2D eigenvalue weighted by molar-refractivity contribution is -0.149. The zero-order valence-electron chi connectivity index (χ0n) is 9.79. The van der Waals surface area contributed by atoms with E-state index in [0.717, 1.165) is 5.69 Å². The van der Waals surface area contributed by atoms with Gasteiger partial charge in [0.2, 0.25) is 0 Å². The quantitative estimate of drug-likeness (QED) is 0.891. The number of halogens is 3. The van der Waals surface area contributed by atoms with Crippen molar-refractivity contribution in [3.05, 3.63) is 11.1 Å². The molecule has 0 fully saturated rings. The first-order chi connectivity index (χ1) is 7.78. The maximum absolute atomic E-state index is 12.3. The fourth-order valence-corrected chi connectivity index (χ4v) is 2.04. The molecule has 3 nitrogen and oxygen atoms in total. The van der Waals surface area contributed by atoms with Gasteiger partial charge in [0.05, 0.1) is 12.2 Å². The van der Waals surface area contributed by atoms with Crippen LogP contribution >= 0.6 is 11.3 Å². The Labute approximate surface area is 102 Å². The van der Waals surface area contributed by atoms with E-state index >= 15 is 0 Å². The molecule has 17 heavy (non-hydrogen) atoms. The zero-order chi connectivity index (χ0) is 13.1. The van der Waals surface area contributed by atoms with E-state index in [1.54, 1.807) is 19.2 Å². The van der Waals surface area contributed by atoms with E-state index in [1.165, 1.54) is 16.2 Å². The van der Waals surface area contributed by atoms with Crippen molar-refractivity contribution in [2.75, 3.05) is 18.8 Å². The second-order valence-electron chi connectivity index (χ2n) is 4.11. The molecule has 0 saturated heterocycles. The van der Waals surface area contributed by atoms with Crippen LogP contribution in [-0.4, -0.2) is 35.2 Å². The van der Waals surface area contributed by atoms with Gasteiger partial charge in [-0.15, -0.1) is 11.3 Å². The predicted octanol–water partition coefficient (Wildman–Crippen LogP) is 2.54. The van der Waals surface area contributed by atoms with Crippen molar-refractivity contribution in [1.29, 1.82) is 0 Å². The first-order valence-corrected chi connectivity index (χ1v) is 6.16. The molecular formula is C10H16F3N3S. The summed E-state index contributed by atoms with van der Waals surface area (Å²) < 4.78 is 37.0. The average Bonchev–Trinajstić information content (AvgIpc) is 2.56. The number of nitrogens with two attached hydrogens (primary N) is 1. The van der Waals surface area contributed by atoms with Crippen LogP contribution in [0, 0.1) is 0 Å². The number of hydrogen-bond acceptors (Lipinski definition) is 4. The summed E-state index contributed by atoms with van der Waals surface area (Å²) in [4.78, 5) is 5.41. The molecule has 0 radical (unpaired) electrons. The first-order valence-electron chi connectivity index (χ1n) is 5.28. The molecule has 0 unspecified atom stereocenters. The molecule has 1 aromatic rings. The Morgan fingerprint density at radius 1 is 1.47 bits per heavy atom. The van der Waals surface area contributed by atoms with Gasteiger partial charge in [-0.2, -0.15) is 13.2 Å². The molecule has 1 aromatic heterocycles. The Morgan fingerprint density at radius 3 is 2.53 bits per heavy atom. The maximum Gasteiger partial charge on any atom is 0.401 e. The number of nitrogens with zero attached hydrogens (tertiary/aromatic N) is 2. The molecule has 98 valence electrons. The minimum absolute atomic E-state index is 0.146. The Balaban J connectivity index is 2.50. The van der Waals surface area contributed by atoms with Crippen molar-refractivity contribution in [2.45, 2.75) is 32.5 Å². The number of aromatic nitrogens is 1. The highest BCUT2D eigenvalue weighted by atomic mass is 32.1. The summed E-state index contributed by atoms with van der Waals surface area (Å²) >= 11 is 1.30. The number of hydrogen-bond donors (Lipinski definition) is 1. The zero-order valence-corrected chi connectivity index (χ0v) is 10.6. The minimum atomic E-state index is -4.16. The van der Waals surface area contributed by atoms with Crippen LogP contribution in [0.5, 0.6) is 0 Å². The summed E-state index contributed by atoms with van der Waals surface area (Å²) in [6, 6.07) is -0.146. The SMILES string of the molecule is CC(C)N(CCc1csc(N)n1)CC(F)(F)F. The fourth-order valence-electron chi connectivity index (χ4n) is 1.45. The first kappa shape index (κ1) is 14.2. The predicted molar refractivity (Wildman–Crippen MR) is 63.0 cm³/mol. The van der Waals surface area contributed by atoms with E-state index < -0.39 is 12.7 Å². The summed E-state index contributed by atoms with van der Waals surface area (Å²) in [6.07, 6.45) is -3.67. The monoisotopic (exact) mass is 267 g/mol. The fraction of sp³-hybridized carbons (Fsp3) is 0.700. The van der Waals surface area contributed by atoms with Gasteiger partial charge in [0.1, 0.15) is 0 Å². The van der Waals surface area contributed by atoms with Crippen LogP contribution < -0.4 is 5.73 Å². The molecule has 0 amide bonds. The van der Waals surface area contributed by atoms with Crippen LogP contribution in [0.25, 0.3) is 0 Å². The molecular weight excluding hydrogens is 251 g/mol. The van der Waals surface area contributed by atoms with Gasteiger partial charge >= 0.3 is 6.18 Å². The molecule has 7 heteroatoms. The molecule has 0 bridgehead atoms. The summed E-state index contributed by atoms with van der Waals surface area (Å²) in [7, 11) is 0. The normalized spacial score (nSPS) is 12.6. The highest BCUT2D eigenvalue weighted by Gasteiger charge is 2.31. The number of thiazole rings is 1. The summed E-state index contributed by atoms with van der Waals surface area (Å²) in [5.74, 6) is 0. The van der Waals surface area contributed by atoms with Gasteiger partial charge in [-0.3, -0.25) is 4.90 Å². The lowest BCUT2D eigenvalue weighted by Gasteiger charge is -2.27. The number of nitrogen functional groups attached to an aromatic ring is 1. The third-order valence-electron chi connectivity index (χ3n) is 2.34. The second-order valence-corrected chi connectivity index (χ2v) is 5.00. The van der Waals surface area contributed by atoms with Crippen molar-refractivity contribution >= 4 is 16.5 Å². The van der Waals surface area contributed by atoms with Gasteiger partial charge in [0.15, 0.2) is 5.13 Å². The van der Waals surface area contributed by atoms with Crippen molar-refractivity contribution in [2.24, 2.45) is 0 Å². The Hall–Kier alpha value is -0.820. The van der Waals surface area contributed by atoms with Crippen molar-refractivity contribution in [3.8, 4) is 0 Å². The second kappa shape index (κ2) is 5.68. The van der Waals surface area contributed by atoms with E-state index in [2.05, 4.69) is 4.98 Å². The smallest absolute Gasteiger partial charge is 0.375 e. The van der Waals surface area contributed by atoms with Gasteiger partial charge in [-0.05, 0) is 13.8 Å². The maximum atomic E-state index is 12.3. The average molecular weight is 267 g/mol. The number of anilines is 1. The van der Waals surface area contributed by atoms with E-state index in [9.17, 15) is 13.2 Å². The molecule has 2 N–H and O–H groups in total. The van der Waals surface area contributed by atoms with Crippen LogP contribution in [-0.2, 0) is 6.42 Å². The largest absolute Gasteiger partial charge is 0.401 e. The molecule has 0 aliphatic rings. The highest BCUT2D eigenvalue weighted by Crippen LogP contribution is 2.19. The van der Waals surface area contributed by atoms with E-state index in [4.69, 9.17) is 5.73 Å². The molecule has 0 aliphatic carbocycles. The lowest BCUT2D eigenvalue weighted by Crippen LogP contribution is -2.40. The number of rotatable bonds is 5. The van der Waals surface area contributed by atoms with E-state index in [1.807, 2.05) is 0 Å². The minimum Gasteiger partial charge on any atom is -0.375 e. The van der Waals surface area contributed by atoms with E-state index in [-0.39, 0.29) is 6.04 Å². The lowest BCUT2D eigenvalue weighted by atomic mass is 10.2. The van der Waals surface area contributed by atoms with Crippen LogP contribution in [0.1, 0.15) is 19.5 Å². The molecule has 0 atom stereocenters. The van der Waals surface area contributed by atoms with Crippen LogP contribution in [0.15, 0.2) is 5.38 Å². The molecule has 0 aromatic carbocycles. The molecule has 0 aliphatic heterocycles. The van der Waals surface area contributed by atoms with Gasteiger partial charge in [0.25, 0.3) is 0 Å². The molecule has 1 heterocycles. The van der Waals surface area contributed by atoms with Gasteiger partial charge in [0, 0.05) is 24.4 Å². The van der Waals surface area contributed by atoms with Crippen molar-refractivity contribution in [1.82, 2.24) is 9.88 Å². The summed E-state index contributed by atoms with van der Waals surface area (Å²) in [5, 5.41) is 2.23. The number of alkyl halides is 3. The Kier molecular flexibility index (Phi) is 4.76. The van der Waals surface area contributed by atoms with Gasteiger partial charge in [-0.1, -0.05) is 0 Å². The third kappa shape index (κ3) is 5.36. The van der Waals surface area contributed by atoms with E-state index in [0.29, 0.717) is 18.1 Å². The summed E-state index contributed by atoms with van der Waals surface area (Å²) in [5.41, 5.74) is 6.21. The summed E-state index contributed by atoms with van der Waals surface area (Å²) in [6.45, 7) is 2.95. The van der Waals surface area contributed by atoms with Crippen molar-refractivity contribution in [3.63, 3.8) is 0 Å². The topological polar surface area (TPSA) is 42.1 Å². The van der Waals surface area contributed by atoms with Crippen LogP contribution in [0.3, 0.4) is 0 Å². The molecule has 1 rings (SSSR count). The van der Waals surface area contributed by atoms with Crippen molar-refractivity contribution < 1.29 is 13.2 Å². The van der Waals surface area contributed by atoms with Crippen LogP contribution in [0.2, 0.25) is 0 Å². The third-order valence-corrected chi connectivity index (χ3v) is 3.06. The van der Waals surface area contributed by atoms with Gasteiger partial charge in [-0.25, -0.2) is 4.98 Å². The molecule has 0 spiro atoms.